The van der Waals surface area contributed by atoms with Gasteiger partial charge in [0.25, 0.3) is 0 Å². The van der Waals surface area contributed by atoms with Crippen LogP contribution >= 0.6 is 11.3 Å². The Morgan fingerprint density at radius 3 is 2.95 bits per heavy atom. The number of aromatic hydroxyl groups is 1. The van der Waals surface area contributed by atoms with Gasteiger partial charge in [-0.2, -0.15) is 5.10 Å². The number of hydrazone groups is 1. The number of carbonyl (C=O) groups excluding carboxylic acids is 1. The Hall–Kier alpha value is -2.61. The molecule has 0 radical (unpaired) electrons. The highest BCUT2D eigenvalue weighted by Gasteiger charge is 2.08. The molecule has 0 aliphatic rings. The maximum Gasteiger partial charge on any atom is 0.246 e. The Morgan fingerprint density at radius 2 is 2.32 bits per heavy atom. The molecule has 1 heterocycles. The first-order valence-electron chi connectivity index (χ1n) is 6.40. The molecule has 22 heavy (non-hydrogen) atoms. The number of aromatic nitrogens is 1. The van der Waals surface area contributed by atoms with Crippen LogP contribution in [0.4, 0.5) is 5.13 Å². The first-order chi connectivity index (χ1) is 10.5. The van der Waals surface area contributed by atoms with Crippen LogP contribution in [-0.2, 0) is 11.2 Å². The Balaban J connectivity index is 2.01. The number of hydrogen-bond acceptors (Lipinski definition) is 7. The summed E-state index contributed by atoms with van der Waals surface area (Å²) < 4.78 is 5.03. The van der Waals surface area contributed by atoms with Gasteiger partial charge in [-0.05, 0) is 25.1 Å². The monoisotopic (exact) mass is 320 g/mol. The molecule has 0 aliphatic heterocycles. The molecule has 0 fully saturated rings. The molecule has 0 saturated heterocycles. The summed E-state index contributed by atoms with van der Waals surface area (Å²) >= 11 is 1.29. The number of methoxy groups -OCH3 is 1. The van der Waals surface area contributed by atoms with Crippen molar-refractivity contribution >= 4 is 28.1 Å². The molecule has 7 nitrogen and oxygen atoms in total. The van der Waals surface area contributed by atoms with Gasteiger partial charge in [0.1, 0.15) is 0 Å². The van der Waals surface area contributed by atoms with E-state index in [1.54, 1.807) is 24.4 Å². The molecule has 0 spiro atoms. The number of anilines is 1. The molecular formula is C14H16N4O3S. The molecule has 1 amide bonds. The number of nitrogens with two attached hydrogens (primary N) is 1. The Morgan fingerprint density at radius 1 is 1.55 bits per heavy atom. The number of nitrogen functional groups attached to an aromatic ring is 1. The van der Waals surface area contributed by atoms with Crippen molar-refractivity contribution in [2.75, 3.05) is 12.8 Å². The molecule has 1 aromatic heterocycles. The highest BCUT2D eigenvalue weighted by Crippen LogP contribution is 2.26. The summed E-state index contributed by atoms with van der Waals surface area (Å²) in [6.45, 7) is 1.74. The third-order valence-corrected chi connectivity index (χ3v) is 3.58. The average molecular weight is 320 g/mol. The third kappa shape index (κ3) is 3.95. The van der Waals surface area contributed by atoms with Crippen LogP contribution in [0.3, 0.4) is 0 Å². The van der Waals surface area contributed by atoms with Gasteiger partial charge in [0.2, 0.25) is 5.91 Å². The largest absolute Gasteiger partial charge is 0.504 e. The van der Waals surface area contributed by atoms with Gasteiger partial charge in [-0.3, -0.25) is 4.79 Å². The van der Waals surface area contributed by atoms with Crippen LogP contribution in [0.1, 0.15) is 18.2 Å². The first-order valence-corrected chi connectivity index (χ1v) is 7.28. The fourth-order valence-electron chi connectivity index (χ4n) is 1.72. The van der Waals surface area contributed by atoms with Crippen molar-refractivity contribution in [3.8, 4) is 11.5 Å². The second-order valence-corrected chi connectivity index (χ2v) is 5.36. The molecule has 4 N–H and O–H groups in total. The number of rotatable bonds is 5. The lowest BCUT2D eigenvalue weighted by molar-refractivity contribution is -0.120. The maximum absolute atomic E-state index is 11.8. The molecule has 0 saturated carbocycles. The zero-order valence-electron chi connectivity index (χ0n) is 12.2. The standard InChI is InChI=1S/C14H16N4O3S/c1-8(9-3-4-11(19)12(5-9)21-2)17-18-13(20)6-10-7-22-14(15)16-10/h3-5,7,19H,6H2,1-2H3,(H2,15,16)(H,18,20)/b17-8-. The van der Waals surface area contributed by atoms with Crippen molar-refractivity contribution in [2.45, 2.75) is 13.3 Å². The van der Waals surface area contributed by atoms with Crippen LogP contribution in [0, 0.1) is 0 Å². The number of amides is 1. The van der Waals surface area contributed by atoms with E-state index in [0.29, 0.717) is 22.3 Å². The van der Waals surface area contributed by atoms with Crippen molar-refractivity contribution in [2.24, 2.45) is 5.10 Å². The number of nitrogens with one attached hydrogen (secondary N) is 1. The van der Waals surface area contributed by atoms with Crippen molar-refractivity contribution in [1.82, 2.24) is 10.4 Å². The number of ether oxygens (including phenoxy) is 1. The number of thiazole rings is 1. The molecule has 0 bridgehead atoms. The van der Waals surface area contributed by atoms with Gasteiger partial charge in [0, 0.05) is 10.9 Å². The second-order valence-electron chi connectivity index (χ2n) is 4.47. The zero-order chi connectivity index (χ0) is 16.1. The second kappa shape index (κ2) is 6.90. The lowest BCUT2D eigenvalue weighted by atomic mass is 10.1. The van der Waals surface area contributed by atoms with E-state index in [2.05, 4.69) is 15.5 Å². The van der Waals surface area contributed by atoms with E-state index in [1.807, 2.05) is 0 Å². The lowest BCUT2D eigenvalue weighted by Crippen LogP contribution is -2.21. The number of benzene rings is 1. The SMILES string of the molecule is COc1cc(/C(C)=N\NC(=O)Cc2csc(N)n2)ccc1O. The molecule has 2 rings (SSSR count). The highest BCUT2D eigenvalue weighted by molar-refractivity contribution is 7.13. The normalized spacial score (nSPS) is 11.3. The van der Waals surface area contributed by atoms with Gasteiger partial charge in [0.15, 0.2) is 16.6 Å². The number of carbonyl (C=O) groups is 1. The molecule has 8 heteroatoms. The summed E-state index contributed by atoms with van der Waals surface area (Å²) in [5.74, 6) is 0.107. The van der Waals surface area contributed by atoms with E-state index in [9.17, 15) is 9.90 Å². The van der Waals surface area contributed by atoms with E-state index in [1.165, 1.54) is 24.5 Å². The van der Waals surface area contributed by atoms with E-state index in [-0.39, 0.29) is 18.1 Å². The summed E-state index contributed by atoms with van der Waals surface area (Å²) in [6.07, 6.45) is 0.114. The number of hydrogen-bond donors (Lipinski definition) is 3. The van der Waals surface area contributed by atoms with Gasteiger partial charge < -0.3 is 15.6 Å². The summed E-state index contributed by atoms with van der Waals surface area (Å²) in [5, 5.41) is 15.7. The van der Waals surface area contributed by atoms with Gasteiger partial charge in [-0.25, -0.2) is 10.4 Å². The fraction of sp³-hybridized carbons (Fsp3) is 0.214. The smallest absolute Gasteiger partial charge is 0.246 e. The Labute approximate surface area is 131 Å². The minimum absolute atomic E-state index is 0.0456. The molecule has 0 atom stereocenters. The molecule has 0 unspecified atom stereocenters. The topological polar surface area (TPSA) is 110 Å². The molecule has 116 valence electrons. The van der Waals surface area contributed by atoms with E-state index >= 15 is 0 Å². The fourth-order valence-corrected chi connectivity index (χ4v) is 2.28. The number of nitrogens with zero attached hydrogens (tertiary/aromatic N) is 2. The zero-order valence-corrected chi connectivity index (χ0v) is 13.0. The van der Waals surface area contributed by atoms with Crippen LogP contribution < -0.4 is 15.9 Å². The van der Waals surface area contributed by atoms with Crippen molar-refractivity contribution in [1.29, 1.82) is 0 Å². The minimum Gasteiger partial charge on any atom is -0.504 e. The van der Waals surface area contributed by atoms with Crippen molar-refractivity contribution in [3.63, 3.8) is 0 Å². The quantitative estimate of drug-likeness (QED) is 0.571. The van der Waals surface area contributed by atoms with E-state index in [4.69, 9.17) is 10.5 Å². The van der Waals surface area contributed by atoms with Crippen molar-refractivity contribution < 1.29 is 14.6 Å². The van der Waals surface area contributed by atoms with Gasteiger partial charge in [-0.15, -0.1) is 11.3 Å². The van der Waals surface area contributed by atoms with Gasteiger partial charge in [0.05, 0.1) is 24.9 Å². The molecule has 0 aliphatic carbocycles. The Bertz CT molecular complexity index is 712. The predicted octanol–water partition coefficient (Wildman–Crippen LogP) is 1.52. The van der Waals surface area contributed by atoms with Crippen LogP contribution in [0.2, 0.25) is 0 Å². The predicted molar refractivity (Wildman–Crippen MR) is 85.2 cm³/mol. The third-order valence-electron chi connectivity index (χ3n) is 2.86. The van der Waals surface area contributed by atoms with Crippen LogP contribution in [0.25, 0.3) is 0 Å². The summed E-state index contributed by atoms with van der Waals surface area (Å²) in [5.41, 5.74) is 9.90. The minimum atomic E-state index is -0.282. The number of phenolic OH excluding ortho intramolecular Hbond substituents is 1. The van der Waals surface area contributed by atoms with Crippen LogP contribution in [0.5, 0.6) is 11.5 Å². The molecule has 1 aromatic carbocycles. The molecule has 2 aromatic rings. The first kappa shape index (κ1) is 15.8. The van der Waals surface area contributed by atoms with Gasteiger partial charge >= 0.3 is 0 Å². The van der Waals surface area contributed by atoms with Crippen LogP contribution in [0.15, 0.2) is 28.7 Å². The van der Waals surface area contributed by atoms with E-state index in [0.717, 1.165) is 5.56 Å². The van der Waals surface area contributed by atoms with Crippen molar-refractivity contribution in [3.05, 3.63) is 34.8 Å². The highest BCUT2D eigenvalue weighted by atomic mass is 32.1. The average Bonchev–Trinajstić information content (AvgIpc) is 2.90. The summed E-state index contributed by atoms with van der Waals surface area (Å²) in [6, 6.07) is 4.83. The Kier molecular flexibility index (Phi) is 4.95. The van der Waals surface area contributed by atoms with Gasteiger partial charge in [-0.1, -0.05) is 0 Å². The lowest BCUT2D eigenvalue weighted by Gasteiger charge is -2.06. The summed E-state index contributed by atoms with van der Waals surface area (Å²) in [4.78, 5) is 15.8. The van der Waals surface area contributed by atoms with Crippen LogP contribution in [-0.4, -0.2) is 28.8 Å². The summed E-state index contributed by atoms with van der Waals surface area (Å²) in [7, 11) is 1.46. The van der Waals surface area contributed by atoms with E-state index < -0.39 is 0 Å². The maximum atomic E-state index is 11.8. The number of phenols is 1. The molecular weight excluding hydrogens is 304 g/mol.